The van der Waals surface area contributed by atoms with Gasteiger partial charge in [0.05, 0.1) is 10.2 Å². The van der Waals surface area contributed by atoms with Crippen molar-refractivity contribution in [2.75, 3.05) is 0 Å². The van der Waals surface area contributed by atoms with E-state index in [1.165, 1.54) is 87.1 Å². The van der Waals surface area contributed by atoms with Crippen LogP contribution < -0.4 is 0 Å². The predicted octanol–water partition coefficient (Wildman–Crippen LogP) is 13.2. The van der Waals surface area contributed by atoms with Crippen LogP contribution in [0.1, 0.15) is 37.8 Å². The van der Waals surface area contributed by atoms with E-state index in [-0.39, 0.29) is 5.41 Å². The Hall–Kier alpha value is -5.31. The van der Waals surface area contributed by atoms with Gasteiger partial charge in [-0.05, 0) is 114 Å². The molecule has 2 aliphatic carbocycles. The molecule has 8 aromatic rings. The summed E-state index contributed by atoms with van der Waals surface area (Å²) in [6, 6.07) is 47.3. The summed E-state index contributed by atoms with van der Waals surface area (Å²) in [5.74, 6) is 0. The number of hydrogen-bond donors (Lipinski definition) is 0. The molecule has 2 heteroatoms. The molecule has 0 saturated carbocycles. The topological polar surface area (TPSA) is 12.9 Å². The number of hydrogen-bond acceptors (Lipinski definition) is 2. The number of rotatable bonds is 3. The van der Waals surface area contributed by atoms with Crippen LogP contribution in [0.4, 0.5) is 0 Å². The first-order valence-electron chi connectivity index (χ1n) is 16.9. The van der Waals surface area contributed by atoms with Crippen LogP contribution >= 0.6 is 11.3 Å². The van der Waals surface area contributed by atoms with Crippen LogP contribution in [-0.4, -0.2) is 4.98 Å². The molecule has 228 valence electrons. The molecule has 0 saturated heterocycles. The van der Waals surface area contributed by atoms with E-state index in [1.807, 2.05) is 0 Å². The Bertz CT molecular complexity index is 2660. The summed E-state index contributed by atoms with van der Waals surface area (Å²) < 4.78 is 1.22. The first kappa shape index (κ1) is 27.8. The zero-order valence-corrected chi connectivity index (χ0v) is 27.9. The molecule has 1 heterocycles. The molecule has 0 fully saturated rings. The van der Waals surface area contributed by atoms with E-state index in [9.17, 15) is 0 Å². The maximum atomic E-state index is 5.22. The third kappa shape index (κ3) is 3.99. The predicted molar refractivity (Wildman–Crippen MR) is 207 cm³/mol. The van der Waals surface area contributed by atoms with Crippen molar-refractivity contribution in [3.63, 3.8) is 0 Å². The lowest BCUT2D eigenvalue weighted by Crippen LogP contribution is -2.16. The van der Waals surface area contributed by atoms with Gasteiger partial charge in [0.1, 0.15) is 5.01 Å². The van der Waals surface area contributed by atoms with Gasteiger partial charge in [-0.3, -0.25) is 0 Å². The number of allylic oxidation sites excluding steroid dienone is 4. The lowest BCUT2D eigenvalue weighted by Gasteiger charge is -2.24. The van der Waals surface area contributed by atoms with Crippen molar-refractivity contribution in [3.05, 3.63) is 156 Å². The minimum atomic E-state index is 0.0164. The lowest BCUT2D eigenvalue weighted by molar-refractivity contribution is 0.651. The first-order chi connectivity index (χ1) is 23.6. The first-order valence-corrected chi connectivity index (χ1v) is 17.8. The number of aromatic nitrogens is 1. The van der Waals surface area contributed by atoms with Gasteiger partial charge in [0.2, 0.25) is 0 Å². The van der Waals surface area contributed by atoms with Gasteiger partial charge in [-0.1, -0.05) is 129 Å². The van der Waals surface area contributed by atoms with E-state index in [0.29, 0.717) is 0 Å². The highest BCUT2D eigenvalue weighted by atomic mass is 32.1. The van der Waals surface area contributed by atoms with Crippen LogP contribution in [0.3, 0.4) is 0 Å². The van der Waals surface area contributed by atoms with Gasteiger partial charge in [0.25, 0.3) is 0 Å². The Balaban J connectivity index is 1.32. The highest BCUT2D eigenvalue weighted by Gasteiger charge is 2.37. The van der Waals surface area contributed by atoms with Crippen LogP contribution in [0.2, 0.25) is 0 Å². The fourth-order valence-electron chi connectivity index (χ4n) is 8.51. The summed E-state index contributed by atoms with van der Waals surface area (Å²) in [5.41, 5.74) is 13.2. The van der Waals surface area contributed by atoms with E-state index in [4.69, 9.17) is 4.98 Å². The summed E-state index contributed by atoms with van der Waals surface area (Å²) in [6.07, 6.45) is 6.95. The zero-order valence-electron chi connectivity index (χ0n) is 27.0. The Morgan fingerprint density at radius 1 is 0.604 bits per heavy atom. The normalized spacial score (nSPS) is 15.1. The van der Waals surface area contributed by atoms with Crippen molar-refractivity contribution in [2.24, 2.45) is 0 Å². The van der Waals surface area contributed by atoms with Crippen molar-refractivity contribution in [1.82, 2.24) is 4.98 Å². The molecule has 0 aliphatic heterocycles. The fraction of sp³-hybridized carbons (Fsp3) is 0.109. The van der Waals surface area contributed by atoms with Crippen molar-refractivity contribution >= 4 is 59.4 Å². The number of benzene rings is 7. The summed E-state index contributed by atoms with van der Waals surface area (Å²) >= 11 is 1.79. The molecule has 0 N–H and O–H groups in total. The van der Waals surface area contributed by atoms with Gasteiger partial charge in [0.15, 0.2) is 0 Å². The Morgan fingerprint density at radius 3 is 2.21 bits per heavy atom. The Morgan fingerprint density at radius 2 is 1.33 bits per heavy atom. The standard InChI is InChI=1S/C46H33NS/c1-46(2)39-19-8-7-15-33(39)37-27-30(23-25-40(37)46)43-34-16-5-6-17-35(34)44(45-47-41-20-9-10-21-42(41)48-45)36-24-22-29(26-38(36)43)32-18-11-13-28-12-3-4-14-31(28)32/h3-6,8-14,16-27H,7,15H2,1-2H3. The average Bonchev–Trinajstić information content (AvgIpc) is 3.66. The molecular formula is C46H33NS. The summed E-state index contributed by atoms with van der Waals surface area (Å²) in [4.78, 5) is 5.22. The van der Waals surface area contributed by atoms with Crippen LogP contribution in [0.25, 0.3) is 80.9 Å². The minimum absolute atomic E-state index is 0.0164. The molecule has 7 aromatic carbocycles. The third-order valence-corrected chi connectivity index (χ3v) is 11.8. The molecule has 0 amide bonds. The van der Waals surface area contributed by atoms with Gasteiger partial charge in [0, 0.05) is 11.0 Å². The highest BCUT2D eigenvalue weighted by molar-refractivity contribution is 7.21. The summed E-state index contributed by atoms with van der Waals surface area (Å²) in [5, 5.41) is 8.63. The monoisotopic (exact) mass is 631 g/mol. The molecule has 0 bridgehead atoms. The molecule has 0 spiro atoms. The van der Waals surface area contributed by atoms with E-state index in [1.54, 1.807) is 11.3 Å². The third-order valence-electron chi connectivity index (χ3n) is 10.8. The second kappa shape index (κ2) is 10.3. The van der Waals surface area contributed by atoms with Crippen molar-refractivity contribution < 1.29 is 0 Å². The van der Waals surface area contributed by atoms with Crippen molar-refractivity contribution in [2.45, 2.75) is 32.1 Å². The lowest BCUT2D eigenvalue weighted by atomic mass is 9.79. The largest absolute Gasteiger partial charge is 0.236 e. The van der Waals surface area contributed by atoms with Crippen LogP contribution in [-0.2, 0) is 5.41 Å². The van der Waals surface area contributed by atoms with E-state index in [2.05, 4.69) is 153 Å². The van der Waals surface area contributed by atoms with Gasteiger partial charge in [-0.15, -0.1) is 11.3 Å². The fourth-order valence-corrected chi connectivity index (χ4v) is 9.55. The second-order valence-corrected chi connectivity index (χ2v) is 14.8. The smallest absolute Gasteiger partial charge is 0.125 e. The van der Waals surface area contributed by atoms with Crippen molar-refractivity contribution in [1.29, 1.82) is 0 Å². The molecule has 1 nitrogen and oxygen atoms in total. The Labute approximate surface area is 284 Å². The minimum Gasteiger partial charge on any atom is -0.236 e. The van der Waals surface area contributed by atoms with Gasteiger partial charge < -0.3 is 0 Å². The molecule has 48 heavy (non-hydrogen) atoms. The van der Waals surface area contributed by atoms with Gasteiger partial charge in [-0.25, -0.2) is 4.98 Å². The SMILES string of the molecule is CC1(C)C2=C(CCC=C2)c2cc(-c3c4ccccc4c(-c4nc5ccccc5s4)c4ccc(-c5cccc6ccccc56)cc34)ccc21. The number of nitrogens with zero attached hydrogens (tertiary/aromatic N) is 1. The maximum Gasteiger partial charge on any atom is 0.125 e. The van der Waals surface area contributed by atoms with Crippen LogP contribution in [0, 0.1) is 0 Å². The van der Waals surface area contributed by atoms with Crippen molar-refractivity contribution in [3.8, 4) is 32.8 Å². The van der Waals surface area contributed by atoms with E-state index < -0.39 is 0 Å². The van der Waals surface area contributed by atoms with Gasteiger partial charge >= 0.3 is 0 Å². The zero-order chi connectivity index (χ0) is 32.0. The summed E-state index contributed by atoms with van der Waals surface area (Å²) in [6.45, 7) is 4.77. The number of para-hydroxylation sites is 1. The van der Waals surface area contributed by atoms with Crippen LogP contribution in [0.5, 0.6) is 0 Å². The average molecular weight is 632 g/mol. The van der Waals surface area contributed by atoms with E-state index in [0.717, 1.165) is 23.4 Å². The molecule has 10 rings (SSSR count). The highest BCUT2D eigenvalue weighted by Crippen LogP contribution is 2.52. The van der Waals surface area contributed by atoms with E-state index >= 15 is 0 Å². The molecule has 1 aromatic heterocycles. The molecular weight excluding hydrogens is 599 g/mol. The van der Waals surface area contributed by atoms with Gasteiger partial charge in [-0.2, -0.15) is 0 Å². The Kier molecular flexibility index (Phi) is 5.98. The number of thiazole rings is 1. The maximum absolute atomic E-state index is 5.22. The molecule has 0 unspecified atom stereocenters. The summed E-state index contributed by atoms with van der Waals surface area (Å²) in [7, 11) is 0. The number of fused-ring (bicyclic) bond motifs is 6. The molecule has 0 radical (unpaired) electrons. The molecule has 2 aliphatic rings. The molecule has 0 atom stereocenters. The second-order valence-electron chi connectivity index (χ2n) is 13.8. The quantitative estimate of drug-likeness (QED) is 0.177. The van der Waals surface area contributed by atoms with Crippen LogP contribution in [0.15, 0.2) is 145 Å².